The molecule has 6 heteroatoms. The molecule has 1 amide bonds. The van der Waals surface area contributed by atoms with Crippen molar-refractivity contribution in [2.45, 2.75) is 18.9 Å². The zero-order chi connectivity index (χ0) is 11.8. The van der Waals surface area contributed by atoms with Crippen molar-refractivity contribution in [3.8, 4) is 0 Å². The number of hydrogen-bond acceptors (Lipinski definition) is 5. The molecule has 0 saturated heterocycles. The molecule has 0 unspecified atom stereocenters. The molecule has 0 radical (unpaired) electrons. The third-order valence-corrected chi connectivity index (χ3v) is 3.57. The fourth-order valence-electron chi connectivity index (χ4n) is 1.18. The highest BCUT2D eigenvalue weighted by molar-refractivity contribution is 7.98. The molecule has 0 aromatic carbocycles. The number of nitrogens with two attached hydrogens (primary N) is 1. The Bertz CT molecular complexity index is 303. The topological polar surface area (TPSA) is 68.0 Å². The van der Waals surface area contributed by atoms with Gasteiger partial charge in [0, 0.05) is 24.5 Å². The molecule has 1 aromatic rings. The first-order valence-electron chi connectivity index (χ1n) is 5.14. The number of rotatable bonds is 7. The maximum Gasteiger partial charge on any atom is 0.236 e. The van der Waals surface area contributed by atoms with Crippen molar-refractivity contribution in [1.82, 2.24) is 10.3 Å². The molecule has 0 aliphatic heterocycles. The molecule has 0 fully saturated rings. The van der Waals surface area contributed by atoms with E-state index in [2.05, 4.69) is 10.3 Å². The van der Waals surface area contributed by atoms with Gasteiger partial charge in [-0.2, -0.15) is 11.8 Å². The lowest BCUT2D eigenvalue weighted by molar-refractivity contribution is -0.122. The average molecular weight is 259 g/mol. The minimum atomic E-state index is -0.385. The largest absolute Gasteiger partial charge is 0.354 e. The average Bonchev–Trinajstić information content (AvgIpc) is 2.78. The van der Waals surface area contributed by atoms with Crippen molar-refractivity contribution < 1.29 is 4.79 Å². The summed E-state index contributed by atoms with van der Waals surface area (Å²) in [5, 5.41) is 5.79. The van der Waals surface area contributed by atoms with Gasteiger partial charge in [-0.15, -0.1) is 11.3 Å². The van der Waals surface area contributed by atoms with Gasteiger partial charge < -0.3 is 11.1 Å². The zero-order valence-electron chi connectivity index (χ0n) is 9.31. The fraction of sp³-hybridized carbons (Fsp3) is 0.600. The Morgan fingerprint density at radius 3 is 3.19 bits per heavy atom. The van der Waals surface area contributed by atoms with E-state index < -0.39 is 0 Å². The van der Waals surface area contributed by atoms with Crippen LogP contribution in [0.25, 0.3) is 0 Å². The van der Waals surface area contributed by atoms with Crippen LogP contribution in [0, 0.1) is 0 Å². The Morgan fingerprint density at radius 2 is 2.56 bits per heavy atom. The molecule has 90 valence electrons. The SMILES string of the molecule is CSCC[C@H](N)C(=O)NCCc1nccs1. The van der Waals surface area contributed by atoms with Crippen LogP contribution in [-0.4, -0.2) is 35.5 Å². The maximum atomic E-state index is 11.5. The summed E-state index contributed by atoms with van der Waals surface area (Å²) in [7, 11) is 0. The van der Waals surface area contributed by atoms with Crippen molar-refractivity contribution in [1.29, 1.82) is 0 Å². The molecule has 0 spiro atoms. The van der Waals surface area contributed by atoms with E-state index in [1.807, 2.05) is 11.6 Å². The molecule has 1 rings (SSSR count). The summed E-state index contributed by atoms with van der Waals surface area (Å²) in [6.07, 6.45) is 5.28. The summed E-state index contributed by atoms with van der Waals surface area (Å²) < 4.78 is 0. The second-order valence-corrected chi connectivity index (χ2v) is 5.32. The number of carbonyl (C=O) groups is 1. The molecular weight excluding hydrogens is 242 g/mol. The Balaban J connectivity index is 2.14. The van der Waals surface area contributed by atoms with Crippen LogP contribution < -0.4 is 11.1 Å². The van der Waals surface area contributed by atoms with Gasteiger partial charge >= 0.3 is 0 Å². The summed E-state index contributed by atoms with van der Waals surface area (Å²) in [4.78, 5) is 15.7. The van der Waals surface area contributed by atoms with Crippen molar-refractivity contribution in [2.24, 2.45) is 5.73 Å². The van der Waals surface area contributed by atoms with Crippen LogP contribution in [0.3, 0.4) is 0 Å². The molecule has 1 heterocycles. The molecule has 0 saturated carbocycles. The van der Waals surface area contributed by atoms with Gasteiger partial charge in [-0.05, 0) is 18.4 Å². The first-order valence-corrected chi connectivity index (χ1v) is 7.42. The van der Waals surface area contributed by atoms with Crippen LogP contribution >= 0.6 is 23.1 Å². The summed E-state index contributed by atoms with van der Waals surface area (Å²) in [6, 6.07) is -0.385. The summed E-state index contributed by atoms with van der Waals surface area (Å²) in [5.74, 6) is 0.853. The van der Waals surface area contributed by atoms with Gasteiger partial charge in [0.1, 0.15) is 0 Å². The first kappa shape index (κ1) is 13.5. The lowest BCUT2D eigenvalue weighted by Gasteiger charge is -2.10. The first-order chi connectivity index (χ1) is 7.74. The number of hydrogen-bond donors (Lipinski definition) is 2. The quantitative estimate of drug-likeness (QED) is 0.763. The number of thioether (sulfide) groups is 1. The molecular formula is C10H17N3OS2. The Morgan fingerprint density at radius 1 is 1.75 bits per heavy atom. The second kappa shape index (κ2) is 7.65. The van der Waals surface area contributed by atoms with E-state index in [1.54, 1.807) is 29.3 Å². The molecule has 0 aliphatic rings. The monoisotopic (exact) mass is 259 g/mol. The summed E-state index contributed by atoms with van der Waals surface area (Å²) in [6.45, 7) is 0.610. The van der Waals surface area contributed by atoms with Gasteiger partial charge in [-0.1, -0.05) is 0 Å². The number of amides is 1. The van der Waals surface area contributed by atoms with E-state index >= 15 is 0 Å². The highest BCUT2D eigenvalue weighted by Crippen LogP contribution is 2.03. The van der Waals surface area contributed by atoms with Crippen molar-refractivity contribution in [3.63, 3.8) is 0 Å². The molecule has 0 bridgehead atoms. The molecule has 0 aliphatic carbocycles. The summed E-state index contributed by atoms with van der Waals surface area (Å²) in [5.41, 5.74) is 5.72. The van der Waals surface area contributed by atoms with Gasteiger partial charge in [0.05, 0.1) is 11.0 Å². The van der Waals surface area contributed by atoms with E-state index in [1.165, 1.54) is 0 Å². The molecule has 3 N–H and O–H groups in total. The van der Waals surface area contributed by atoms with Gasteiger partial charge in [-0.3, -0.25) is 4.79 Å². The van der Waals surface area contributed by atoms with Crippen LogP contribution in [-0.2, 0) is 11.2 Å². The van der Waals surface area contributed by atoms with Gasteiger partial charge in [-0.25, -0.2) is 4.98 Å². The van der Waals surface area contributed by atoms with E-state index in [0.717, 1.165) is 23.6 Å². The van der Waals surface area contributed by atoms with Gasteiger partial charge in [0.2, 0.25) is 5.91 Å². The van der Waals surface area contributed by atoms with Crippen LogP contribution in [0.4, 0.5) is 0 Å². The van der Waals surface area contributed by atoms with E-state index in [0.29, 0.717) is 6.54 Å². The molecule has 4 nitrogen and oxygen atoms in total. The lowest BCUT2D eigenvalue weighted by atomic mass is 10.2. The highest BCUT2D eigenvalue weighted by Gasteiger charge is 2.11. The van der Waals surface area contributed by atoms with E-state index in [9.17, 15) is 4.79 Å². The minimum Gasteiger partial charge on any atom is -0.354 e. The standard InChI is InChI=1S/C10H17N3OS2/c1-15-6-3-8(11)10(14)13-4-2-9-12-5-7-16-9/h5,7-8H,2-4,6,11H2,1H3,(H,13,14)/t8-/m0/s1. The van der Waals surface area contributed by atoms with Crippen molar-refractivity contribution in [2.75, 3.05) is 18.6 Å². The smallest absolute Gasteiger partial charge is 0.236 e. The predicted octanol–water partition coefficient (Wildman–Crippen LogP) is 0.882. The van der Waals surface area contributed by atoms with Crippen molar-refractivity contribution >= 4 is 29.0 Å². The van der Waals surface area contributed by atoms with Gasteiger partial charge in [0.15, 0.2) is 0 Å². The maximum absolute atomic E-state index is 11.5. The van der Waals surface area contributed by atoms with E-state index in [4.69, 9.17) is 5.73 Å². The Kier molecular flexibility index (Phi) is 6.44. The van der Waals surface area contributed by atoms with E-state index in [-0.39, 0.29) is 11.9 Å². The number of carbonyl (C=O) groups excluding carboxylic acids is 1. The second-order valence-electron chi connectivity index (χ2n) is 3.35. The number of thiazole rings is 1. The highest BCUT2D eigenvalue weighted by atomic mass is 32.2. The molecule has 16 heavy (non-hydrogen) atoms. The zero-order valence-corrected chi connectivity index (χ0v) is 10.9. The van der Waals surface area contributed by atoms with Crippen LogP contribution in [0.1, 0.15) is 11.4 Å². The van der Waals surface area contributed by atoms with Crippen LogP contribution in [0.15, 0.2) is 11.6 Å². The predicted molar refractivity (Wildman–Crippen MR) is 69.8 cm³/mol. The fourth-order valence-corrected chi connectivity index (χ4v) is 2.29. The minimum absolute atomic E-state index is 0.0643. The Hall–Kier alpha value is -0.590. The summed E-state index contributed by atoms with van der Waals surface area (Å²) >= 11 is 3.30. The number of aromatic nitrogens is 1. The van der Waals surface area contributed by atoms with Gasteiger partial charge in [0.25, 0.3) is 0 Å². The molecule has 1 atom stereocenters. The molecule has 1 aromatic heterocycles. The number of nitrogens with one attached hydrogen (secondary N) is 1. The number of nitrogens with zero attached hydrogens (tertiary/aromatic N) is 1. The third-order valence-electron chi connectivity index (χ3n) is 2.09. The third kappa shape index (κ3) is 4.96. The van der Waals surface area contributed by atoms with Crippen LogP contribution in [0.5, 0.6) is 0 Å². The van der Waals surface area contributed by atoms with Crippen LogP contribution in [0.2, 0.25) is 0 Å². The Labute approximate surface area is 104 Å². The lowest BCUT2D eigenvalue weighted by Crippen LogP contribution is -2.41. The normalized spacial score (nSPS) is 12.4. The van der Waals surface area contributed by atoms with Crippen molar-refractivity contribution in [3.05, 3.63) is 16.6 Å².